The molecule has 2 nitrogen and oxygen atoms in total. The zero-order valence-corrected chi connectivity index (χ0v) is 13.5. The molecule has 2 heterocycles. The zero-order valence-electron chi connectivity index (χ0n) is 13.5. The topological polar surface area (TPSA) is 18.5 Å². The molecular formula is C21H22O2. The summed E-state index contributed by atoms with van der Waals surface area (Å²) in [6, 6.07) is 0. The van der Waals surface area contributed by atoms with Crippen LogP contribution in [0.2, 0.25) is 0 Å². The Hall–Kier alpha value is -1.28. The fraction of sp³-hybridized carbons (Fsp3) is 0.619. The Bertz CT molecular complexity index is 789. The van der Waals surface area contributed by atoms with Crippen molar-refractivity contribution in [2.45, 2.75) is 38.5 Å². The van der Waals surface area contributed by atoms with Gasteiger partial charge in [-0.3, -0.25) is 0 Å². The smallest absolute Gasteiger partial charge is 0.113 e. The van der Waals surface area contributed by atoms with Crippen molar-refractivity contribution in [3.8, 4) is 0 Å². The first-order valence-corrected chi connectivity index (χ1v) is 9.22. The lowest BCUT2D eigenvalue weighted by Gasteiger charge is -2.47. The van der Waals surface area contributed by atoms with E-state index < -0.39 is 0 Å². The summed E-state index contributed by atoms with van der Waals surface area (Å²) in [6.45, 7) is 2.68. The quantitative estimate of drug-likeness (QED) is 0.628. The number of rotatable bonds is 0. The number of ether oxygens (including phenoxy) is 2. The van der Waals surface area contributed by atoms with Gasteiger partial charge in [-0.1, -0.05) is 18.2 Å². The van der Waals surface area contributed by atoms with E-state index in [9.17, 15) is 0 Å². The fourth-order valence-electron chi connectivity index (χ4n) is 8.01. The van der Waals surface area contributed by atoms with Crippen molar-refractivity contribution in [1.29, 1.82) is 0 Å². The van der Waals surface area contributed by atoms with Crippen molar-refractivity contribution in [2.24, 2.45) is 21.7 Å². The first-order valence-electron chi connectivity index (χ1n) is 9.22. The molecule has 0 saturated heterocycles. The fourth-order valence-corrected chi connectivity index (χ4v) is 8.01. The molecule has 0 aromatic heterocycles. The zero-order chi connectivity index (χ0) is 14.9. The van der Waals surface area contributed by atoms with Crippen molar-refractivity contribution >= 4 is 0 Å². The molecule has 0 radical (unpaired) electrons. The Morgan fingerprint density at radius 1 is 0.913 bits per heavy atom. The van der Waals surface area contributed by atoms with Crippen molar-refractivity contribution in [2.75, 3.05) is 19.8 Å². The first kappa shape index (κ1) is 12.1. The van der Waals surface area contributed by atoms with Crippen LogP contribution in [0.5, 0.6) is 0 Å². The minimum Gasteiger partial charge on any atom is -0.496 e. The first-order chi connectivity index (χ1) is 11.2. The SMILES string of the molecule is C1=CC2(C=C3COC=C13)CCC1(C2)CC23CC1(C2)C1=C3COC1. The van der Waals surface area contributed by atoms with Gasteiger partial charge in [0.15, 0.2) is 0 Å². The molecule has 2 heteroatoms. The Balaban J connectivity index is 1.32. The monoisotopic (exact) mass is 306 g/mol. The second kappa shape index (κ2) is 3.26. The molecule has 2 atom stereocenters. The van der Waals surface area contributed by atoms with Gasteiger partial charge in [0.05, 0.1) is 19.5 Å². The van der Waals surface area contributed by atoms with Crippen LogP contribution in [0.25, 0.3) is 0 Å². The van der Waals surface area contributed by atoms with Gasteiger partial charge in [-0.2, -0.15) is 0 Å². The molecule has 2 aliphatic heterocycles. The van der Waals surface area contributed by atoms with E-state index in [1.165, 1.54) is 49.7 Å². The molecule has 0 aromatic rings. The molecule has 4 fully saturated rings. The Kier molecular flexibility index (Phi) is 1.72. The maximum atomic E-state index is 5.86. The van der Waals surface area contributed by atoms with Crippen LogP contribution in [0.15, 0.2) is 46.8 Å². The van der Waals surface area contributed by atoms with Gasteiger partial charge in [0.25, 0.3) is 0 Å². The normalized spacial score (nSPS) is 53.6. The lowest BCUT2D eigenvalue weighted by molar-refractivity contribution is 0.0445. The lowest BCUT2D eigenvalue weighted by atomic mass is 9.57. The van der Waals surface area contributed by atoms with E-state index in [4.69, 9.17) is 9.47 Å². The van der Waals surface area contributed by atoms with Gasteiger partial charge in [0, 0.05) is 16.4 Å². The van der Waals surface area contributed by atoms with Gasteiger partial charge in [0.1, 0.15) is 6.61 Å². The number of allylic oxidation sites excluding steroid dienone is 3. The van der Waals surface area contributed by atoms with E-state index in [-0.39, 0.29) is 0 Å². The van der Waals surface area contributed by atoms with Crippen LogP contribution >= 0.6 is 0 Å². The van der Waals surface area contributed by atoms with Crippen molar-refractivity contribution in [3.63, 3.8) is 0 Å². The van der Waals surface area contributed by atoms with Crippen LogP contribution < -0.4 is 0 Å². The molecule has 0 aromatic carbocycles. The van der Waals surface area contributed by atoms with Crippen molar-refractivity contribution in [1.82, 2.24) is 0 Å². The van der Waals surface area contributed by atoms with Crippen molar-refractivity contribution < 1.29 is 9.47 Å². The summed E-state index contributed by atoms with van der Waals surface area (Å²) < 4.78 is 11.4. The van der Waals surface area contributed by atoms with Gasteiger partial charge in [-0.05, 0) is 66.1 Å². The average molecular weight is 306 g/mol. The van der Waals surface area contributed by atoms with E-state index in [1.807, 2.05) is 6.26 Å². The van der Waals surface area contributed by atoms with Crippen molar-refractivity contribution in [3.05, 3.63) is 46.8 Å². The number of fused-ring (bicyclic) bond motifs is 1. The molecule has 7 aliphatic carbocycles. The predicted octanol–water partition coefficient (Wildman–Crippen LogP) is 4.06. The highest BCUT2D eigenvalue weighted by molar-refractivity contribution is 5.55. The number of hydrogen-bond acceptors (Lipinski definition) is 2. The van der Waals surface area contributed by atoms with E-state index in [2.05, 4.69) is 18.2 Å². The summed E-state index contributed by atoms with van der Waals surface area (Å²) in [6.07, 6.45) is 17.9. The lowest BCUT2D eigenvalue weighted by Crippen LogP contribution is -2.40. The summed E-state index contributed by atoms with van der Waals surface area (Å²) in [4.78, 5) is 0. The Morgan fingerprint density at radius 2 is 1.83 bits per heavy atom. The molecule has 0 amide bonds. The minimum atomic E-state index is 0.309. The molecular weight excluding hydrogens is 284 g/mol. The highest BCUT2D eigenvalue weighted by atomic mass is 16.5. The number of hydrogen-bond donors (Lipinski definition) is 0. The van der Waals surface area contributed by atoms with Crippen LogP contribution in [0.3, 0.4) is 0 Å². The summed E-state index contributed by atoms with van der Waals surface area (Å²) in [5.74, 6) is 0. The average Bonchev–Trinajstić information content (AvgIpc) is 3.28. The van der Waals surface area contributed by atoms with E-state index in [1.54, 1.807) is 11.1 Å². The molecule has 2 bridgehead atoms. The van der Waals surface area contributed by atoms with Crippen LogP contribution in [-0.2, 0) is 9.47 Å². The van der Waals surface area contributed by atoms with Crippen LogP contribution in [0.1, 0.15) is 38.5 Å². The largest absolute Gasteiger partial charge is 0.496 e. The molecule has 4 saturated carbocycles. The Labute approximate surface area is 136 Å². The minimum absolute atomic E-state index is 0.309. The maximum Gasteiger partial charge on any atom is 0.113 e. The van der Waals surface area contributed by atoms with Gasteiger partial charge in [0.2, 0.25) is 0 Å². The molecule has 2 unspecified atom stereocenters. The summed E-state index contributed by atoms with van der Waals surface area (Å²) in [5, 5.41) is 0. The Morgan fingerprint density at radius 3 is 2.78 bits per heavy atom. The summed E-state index contributed by atoms with van der Waals surface area (Å²) >= 11 is 0. The molecule has 2 spiro atoms. The van der Waals surface area contributed by atoms with E-state index in [0.717, 1.165) is 19.8 Å². The third-order valence-corrected chi connectivity index (χ3v) is 8.66. The summed E-state index contributed by atoms with van der Waals surface area (Å²) in [7, 11) is 0. The third kappa shape index (κ3) is 1.09. The van der Waals surface area contributed by atoms with Gasteiger partial charge in [-0.25, -0.2) is 0 Å². The molecule has 9 aliphatic rings. The predicted molar refractivity (Wildman–Crippen MR) is 86.5 cm³/mol. The molecule has 118 valence electrons. The second-order valence-corrected chi connectivity index (χ2v) is 9.42. The van der Waals surface area contributed by atoms with Crippen LogP contribution in [0.4, 0.5) is 0 Å². The highest BCUT2D eigenvalue weighted by Gasteiger charge is 2.81. The molecule has 0 N–H and O–H groups in total. The standard InChI is InChI=1S/C21H22O2/c1-2-18(5-15-7-22-6-14(1)15)3-4-20(10-18)11-19-12-21(20,13-19)17-9-23-8-16(17)19/h1-2,5-6H,3-4,7-13H2. The van der Waals surface area contributed by atoms with Crippen LogP contribution in [0, 0.1) is 21.7 Å². The highest BCUT2D eigenvalue weighted by Crippen LogP contribution is 2.89. The van der Waals surface area contributed by atoms with Crippen LogP contribution in [-0.4, -0.2) is 19.8 Å². The third-order valence-electron chi connectivity index (χ3n) is 8.66. The van der Waals surface area contributed by atoms with Gasteiger partial charge < -0.3 is 9.47 Å². The maximum absolute atomic E-state index is 5.86. The summed E-state index contributed by atoms with van der Waals surface area (Å²) in [5.41, 5.74) is 8.24. The van der Waals surface area contributed by atoms with Gasteiger partial charge >= 0.3 is 0 Å². The molecule has 23 heavy (non-hydrogen) atoms. The van der Waals surface area contributed by atoms with Gasteiger partial charge in [-0.15, -0.1) is 0 Å². The molecule has 9 rings (SSSR count). The van der Waals surface area contributed by atoms with E-state index in [0.29, 0.717) is 21.7 Å². The van der Waals surface area contributed by atoms with E-state index >= 15 is 0 Å². The second-order valence-electron chi connectivity index (χ2n) is 9.42.